The molecule has 0 fully saturated rings. The lowest BCUT2D eigenvalue weighted by Crippen LogP contribution is -2.26. The Balaban J connectivity index is 1.47. The van der Waals surface area contributed by atoms with Crippen molar-refractivity contribution in [1.82, 2.24) is 9.88 Å². The Labute approximate surface area is 191 Å². The molecule has 0 saturated carbocycles. The topological polar surface area (TPSA) is 69.4 Å². The van der Waals surface area contributed by atoms with Crippen molar-refractivity contribution in [2.45, 2.75) is 32.9 Å². The summed E-state index contributed by atoms with van der Waals surface area (Å²) in [5.74, 6) is 1.27. The summed E-state index contributed by atoms with van der Waals surface area (Å²) in [4.78, 5) is 6.49. The minimum absolute atomic E-state index is 0.176. The molecule has 3 aromatic rings. The van der Waals surface area contributed by atoms with Gasteiger partial charge in [-0.05, 0) is 50.6 Å². The van der Waals surface area contributed by atoms with Crippen LogP contribution in [0.15, 0.2) is 59.7 Å². The first-order chi connectivity index (χ1) is 14.7. The summed E-state index contributed by atoms with van der Waals surface area (Å²) in [6.45, 7) is 6.86. The number of hydrogen-bond acceptors (Lipinski definition) is 5. The third-order valence-corrected chi connectivity index (χ3v) is 5.87. The van der Waals surface area contributed by atoms with E-state index in [9.17, 15) is 5.11 Å². The molecule has 0 aliphatic carbocycles. The summed E-state index contributed by atoms with van der Waals surface area (Å²) < 4.78 is 5.87. The zero-order valence-corrected chi connectivity index (χ0v) is 19.2. The first-order valence-corrected chi connectivity index (χ1v) is 11.2. The van der Waals surface area contributed by atoms with Gasteiger partial charge in [-0.3, -0.25) is 5.41 Å². The predicted octanol–water partition coefficient (Wildman–Crippen LogP) is 6.40. The molecule has 2 N–H and O–H groups in total. The molecule has 4 rings (SSSR count). The summed E-state index contributed by atoms with van der Waals surface area (Å²) in [6.07, 6.45) is 0. The van der Waals surface area contributed by atoms with Crippen molar-refractivity contribution >= 4 is 34.3 Å². The van der Waals surface area contributed by atoms with E-state index in [1.807, 2.05) is 79.6 Å². The molecular weight excluding hydrogens is 430 g/mol. The monoisotopic (exact) mass is 453 g/mol. The van der Waals surface area contributed by atoms with Crippen LogP contribution in [-0.2, 0) is 6.54 Å². The number of rotatable bonds is 5. The molecule has 0 unspecified atom stereocenters. The van der Waals surface area contributed by atoms with Crippen molar-refractivity contribution in [1.29, 1.82) is 5.41 Å². The minimum atomic E-state index is -0.248. The lowest BCUT2D eigenvalue weighted by atomic mass is 10.1. The van der Waals surface area contributed by atoms with Crippen molar-refractivity contribution < 1.29 is 9.84 Å². The SMILES string of the molecule is CC(C)(C)Oc1ccc(CN2CC(O)=C(c3nc(-c4ccc(Cl)cc4)cs3)C2=N)cc1. The molecule has 1 aromatic heterocycles. The molecule has 5 nitrogen and oxygen atoms in total. The van der Waals surface area contributed by atoms with Gasteiger partial charge in [0.05, 0.1) is 17.8 Å². The smallest absolute Gasteiger partial charge is 0.135 e. The van der Waals surface area contributed by atoms with Gasteiger partial charge in [0.2, 0.25) is 0 Å². The molecule has 1 aliphatic rings. The number of nitrogens with one attached hydrogen (secondary N) is 1. The van der Waals surface area contributed by atoms with Gasteiger partial charge in [-0.1, -0.05) is 35.9 Å². The van der Waals surface area contributed by atoms with Gasteiger partial charge in [0.25, 0.3) is 0 Å². The molecule has 0 spiro atoms. The highest BCUT2D eigenvalue weighted by Gasteiger charge is 2.30. The van der Waals surface area contributed by atoms with Crippen LogP contribution in [0.4, 0.5) is 0 Å². The standard InChI is InChI=1S/C24H24ClN3O2S/c1-24(2,3)30-18-10-4-15(5-11-18)12-28-13-20(29)21(22(28)26)23-27-19(14-31-23)16-6-8-17(25)9-7-16/h4-11,14,26,29H,12-13H2,1-3H3. The maximum atomic E-state index is 10.6. The molecule has 2 heterocycles. The van der Waals surface area contributed by atoms with E-state index < -0.39 is 0 Å². The Morgan fingerprint density at radius 3 is 2.45 bits per heavy atom. The van der Waals surface area contributed by atoms with Crippen LogP contribution in [0.3, 0.4) is 0 Å². The van der Waals surface area contributed by atoms with Gasteiger partial charge < -0.3 is 14.7 Å². The van der Waals surface area contributed by atoms with Crippen LogP contribution >= 0.6 is 22.9 Å². The van der Waals surface area contributed by atoms with E-state index in [-0.39, 0.29) is 17.2 Å². The molecule has 2 aromatic carbocycles. The Morgan fingerprint density at radius 1 is 1.13 bits per heavy atom. The predicted molar refractivity (Wildman–Crippen MR) is 127 cm³/mol. The van der Waals surface area contributed by atoms with Gasteiger partial charge in [0.1, 0.15) is 28.0 Å². The average molecular weight is 454 g/mol. The highest BCUT2D eigenvalue weighted by Crippen LogP contribution is 2.33. The molecule has 0 bridgehead atoms. The zero-order chi connectivity index (χ0) is 22.2. The highest BCUT2D eigenvalue weighted by atomic mass is 35.5. The normalized spacial score (nSPS) is 14.5. The number of hydrogen-bond donors (Lipinski definition) is 2. The van der Waals surface area contributed by atoms with Crippen LogP contribution in [0.25, 0.3) is 16.8 Å². The number of ether oxygens (including phenoxy) is 1. The Bertz CT molecular complexity index is 1130. The average Bonchev–Trinajstić information content (AvgIpc) is 3.27. The lowest BCUT2D eigenvalue weighted by Gasteiger charge is -2.22. The summed E-state index contributed by atoms with van der Waals surface area (Å²) in [5.41, 5.74) is 3.05. The summed E-state index contributed by atoms with van der Waals surface area (Å²) in [7, 11) is 0. The largest absolute Gasteiger partial charge is 0.510 e. The summed E-state index contributed by atoms with van der Waals surface area (Å²) >= 11 is 7.39. The van der Waals surface area contributed by atoms with E-state index >= 15 is 0 Å². The van der Waals surface area contributed by atoms with Crippen LogP contribution in [-0.4, -0.2) is 33.0 Å². The number of aliphatic hydroxyl groups is 1. The summed E-state index contributed by atoms with van der Waals surface area (Å²) in [5, 5.41) is 22.4. The second kappa shape index (κ2) is 8.36. The molecular formula is C24H24ClN3O2S. The molecule has 160 valence electrons. The van der Waals surface area contributed by atoms with E-state index in [1.165, 1.54) is 11.3 Å². The van der Waals surface area contributed by atoms with E-state index in [4.69, 9.17) is 21.7 Å². The van der Waals surface area contributed by atoms with Crippen LogP contribution < -0.4 is 4.74 Å². The van der Waals surface area contributed by atoms with Crippen LogP contribution in [0.2, 0.25) is 5.02 Å². The fraction of sp³-hybridized carbons (Fsp3) is 0.250. The van der Waals surface area contributed by atoms with Gasteiger partial charge in [0.15, 0.2) is 0 Å². The second-order valence-corrected chi connectivity index (χ2v) is 9.72. The summed E-state index contributed by atoms with van der Waals surface area (Å²) in [6, 6.07) is 15.3. The van der Waals surface area contributed by atoms with Gasteiger partial charge in [-0.2, -0.15) is 0 Å². The fourth-order valence-electron chi connectivity index (χ4n) is 3.37. The highest BCUT2D eigenvalue weighted by molar-refractivity contribution is 7.11. The third kappa shape index (κ3) is 4.92. The lowest BCUT2D eigenvalue weighted by molar-refractivity contribution is 0.131. The number of aliphatic hydroxyl groups excluding tert-OH is 1. The molecule has 0 atom stereocenters. The zero-order valence-electron chi connectivity index (χ0n) is 17.6. The maximum Gasteiger partial charge on any atom is 0.135 e. The van der Waals surface area contributed by atoms with Crippen molar-refractivity contribution in [3.8, 4) is 17.0 Å². The van der Waals surface area contributed by atoms with Gasteiger partial charge in [-0.15, -0.1) is 11.3 Å². The van der Waals surface area contributed by atoms with Crippen LogP contribution in [0.1, 0.15) is 31.3 Å². The van der Waals surface area contributed by atoms with Gasteiger partial charge in [0, 0.05) is 22.5 Å². The minimum Gasteiger partial charge on any atom is -0.510 e. The van der Waals surface area contributed by atoms with Crippen molar-refractivity contribution in [2.24, 2.45) is 0 Å². The third-order valence-electron chi connectivity index (χ3n) is 4.76. The Morgan fingerprint density at radius 2 is 1.81 bits per heavy atom. The molecule has 0 saturated heterocycles. The van der Waals surface area contributed by atoms with Crippen LogP contribution in [0.5, 0.6) is 5.75 Å². The van der Waals surface area contributed by atoms with Gasteiger partial charge in [-0.25, -0.2) is 4.98 Å². The van der Waals surface area contributed by atoms with Gasteiger partial charge >= 0.3 is 0 Å². The van der Waals surface area contributed by atoms with E-state index in [0.717, 1.165) is 22.6 Å². The number of nitrogens with zero attached hydrogens (tertiary/aromatic N) is 2. The second-order valence-electron chi connectivity index (χ2n) is 8.43. The van der Waals surface area contributed by atoms with E-state index in [1.54, 1.807) is 0 Å². The molecule has 1 aliphatic heterocycles. The first-order valence-electron chi connectivity index (χ1n) is 9.95. The van der Waals surface area contributed by atoms with Crippen molar-refractivity contribution in [2.75, 3.05) is 6.54 Å². The number of amidine groups is 1. The number of halogens is 1. The Hall–Kier alpha value is -2.83. The van der Waals surface area contributed by atoms with Crippen LogP contribution in [0, 0.1) is 5.41 Å². The number of thiazole rings is 1. The fourth-order valence-corrected chi connectivity index (χ4v) is 4.39. The maximum absolute atomic E-state index is 10.6. The molecule has 31 heavy (non-hydrogen) atoms. The van der Waals surface area contributed by atoms with Crippen molar-refractivity contribution in [3.05, 3.63) is 75.3 Å². The van der Waals surface area contributed by atoms with Crippen molar-refractivity contribution in [3.63, 3.8) is 0 Å². The van der Waals surface area contributed by atoms with E-state index in [2.05, 4.69) is 4.98 Å². The first kappa shape index (κ1) is 21.4. The number of aromatic nitrogens is 1. The quantitative estimate of drug-likeness (QED) is 0.468. The number of benzene rings is 2. The molecule has 0 radical (unpaired) electrons. The molecule has 7 heteroatoms. The Kier molecular flexibility index (Phi) is 5.77. The molecule has 0 amide bonds. The van der Waals surface area contributed by atoms with E-state index in [0.29, 0.717) is 28.7 Å².